The fourth-order valence-electron chi connectivity index (χ4n) is 5.21. The summed E-state index contributed by atoms with van der Waals surface area (Å²) in [5, 5.41) is 31.8. The van der Waals surface area contributed by atoms with E-state index in [4.69, 9.17) is 0 Å². The average Bonchev–Trinajstić information content (AvgIpc) is 2.96. The Balaban J connectivity index is 1.57. The number of aromatic amines is 1. The standard InChI is InChI=1S/C24H32N4O4/c1-15-21(23(30)28(27-15)18-10-4-2-3-5-11-18)26-25-20-13-7-12-19(22(20)29)16-8-6-9-17(14-16)24(31)32/h7,12-13,16-18,27,29H,2-6,8-11,14H2,1H3,(H,31,32). The van der Waals surface area contributed by atoms with Crippen LogP contribution in [0.25, 0.3) is 0 Å². The summed E-state index contributed by atoms with van der Waals surface area (Å²) in [7, 11) is 0. The highest BCUT2D eigenvalue weighted by atomic mass is 16.4. The number of aliphatic carboxylic acids is 1. The number of carbonyl (C=O) groups is 1. The molecule has 0 amide bonds. The topological polar surface area (TPSA) is 120 Å². The van der Waals surface area contributed by atoms with Crippen LogP contribution >= 0.6 is 0 Å². The van der Waals surface area contributed by atoms with Gasteiger partial charge in [0.05, 0.1) is 17.7 Å². The minimum atomic E-state index is -0.780. The van der Waals surface area contributed by atoms with E-state index in [1.165, 1.54) is 12.8 Å². The molecule has 0 aliphatic heterocycles. The third-order valence-electron chi connectivity index (χ3n) is 7.02. The van der Waals surface area contributed by atoms with Crippen LogP contribution in [0.2, 0.25) is 0 Å². The highest BCUT2D eigenvalue weighted by Crippen LogP contribution is 2.43. The largest absolute Gasteiger partial charge is 0.505 e. The number of para-hydroxylation sites is 1. The maximum atomic E-state index is 13.0. The molecule has 32 heavy (non-hydrogen) atoms. The van der Waals surface area contributed by atoms with Gasteiger partial charge >= 0.3 is 5.97 Å². The number of nitrogens with one attached hydrogen (secondary N) is 1. The number of H-pyrrole nitrogens is 1. The lowest BCUT2D eigenvalue weighted by molar-refractivity contribution is -0.143. The monoisotopic (exact) mass is 440 g/mol. The number of aromatic hydroxyl groups is 1. The lowest BCUT2D eigenvalue weighted by atomic mass is 9.77. The third-order valence-corrected chi connectivity index (χ3v) is 7.02. The summed E-state index contributed by atoms with van der Waals surface area (Å²) in [6.45, 7) is 1.81. The molecule has 1 heterocycles. The first-order valence-electron chi connectivity index (χ1n) is 11.7. The molecule has 0 spiro atoms. The Morgan fingerprint density at radius 3 is 2.53 bits per heavy atom. The molecule has 8 nitrogen and oxygen atoms in total. The normalized spacial score (nSPS) is 22.8. The number of aryl methyl sites for hydroxylation is 1. The molecule has 8 heteroatoms. The van der Waals surface area contributed by atoms with Crippen LogP contribution < -0.4 is 5.56 Å². The first kappa shape index (κ1) is 22.3. The lowest BCUT2D eigenvalue weighted by Crippen LogP contribution is -2.22. The summed E-state index contributed by atoms with van der Waals surface area (Å²) in [5.74, 6) is -1.17. The molecule has 0 saturated heterocycles. The highest BCUT2D eigenvalue weighted by Gasteiger charge is 2.29. The van der Waals surface area contributed by atoms with Gasteiger partial charge in [-0.25, -0.2) is 4.68 Å². The number of hydrogen-bond acceptors (Lipinski definition) is 5. The van der Waals surface area contributed by atoms with E-state index in [-0.39, 0.29) is 34.9 Å². The second kappa shape index (κ2) is 9.71. The van der Waals surface area contributed by atoms with Gasteiger partial charge in [0.2, 0.25) is 0 Å². The van der Waals surface area contributed by atoms with Gasteiger partial charge in [0.15, 0.2) is 5.69 Å². The summed E-state index contributed by atoms with van der Waals surface area (Å²) in [5.41, 5.74) is 1.75. The van der Waals surface area contributed by atoms with Crippen molar-refractivity contribution in [3.63, 3.8) is 0 Å². The van der Waals surface area contributed by atoms with E-state index in [1.54, 1.807) is 16.8 Å². The Kier molecular flexibility index (Phi) is 6.77. The van der Waals surface area contributed by atoms with E-state index in [0.717, 1.165) is 38.5 Å². The van der Waals surface area contributed by atoms with Gasteiger partial charge in [-0.3, -0.25) is 14.7 Å². The molecule has 2 aliphatic rings. The van der Waals surface area contributed by atoms with E-state index in [1.807, 2.05) is 13.0 Å². The van der Waals surface area contributed by atoms with Crippen LogP contribution in [0, 0.1) is 12.8 Å². The fraction of sp³-hybridized carbons (Fsp3) is 0.583. The number of rotatable bonds is 5. The van der Waals surface area contributed by atoms with Crippen molar-refractivity contribution in [1.82, 2.24) is 9.78 Å². The zero-order valence-electron chi connectivity index (χ0n) is 18.6. The van der Waals surface area contributed by atoms with Crippen LogP contribution in [-0.2, 0) is 4.79 Å². The molecule has 2 saturated carbocycles. The van der Waals surface area contributed by atoms with Gasteiger partial charge in [-0.15, -0.1) is 10.2 Å². The van der Waals surface area contributed by atoms with Crippen molar-refractivity contribution in [2.75, 3.05) is 0 Å². The van der Waals surface area contributed by atoms with Crippen molar-refractivity contribution >= 4 is 17.3 Å². The molecule has 0 radical (unpaired) electrons. The lowest BCUT2D eigenvalue weighted by Gasteiger charge is -2.27. The van der Waals surface area contributed by atoms with Crippen LogP contribution in [0.4, 0.5) is 11.4 Å². The Hall–Kier alpha value is -2.90. The number of phenols is 1. The predicted molar refractivity (Wildman–Crippen MR) is 121 cm³/mol. The Bertz CT molecular complexity index is 1050. The minimum absolute atomic E-state index is 0.0181. The first-order chi connectivity index (χ1) is 15.5. The van der Waals surface area contributed by atoms with Gasteiger partial charge in [-0.1, -0.05) is 44.2 Å². The van der Waals surface area contributed by atoms with Crippen LogP contribution in [-0.4, -0.2) is 26.0 Å². The first-order valence-corrected chi connectivity index (χ1v) is 11.7. The van der Waals surface area contributed by atoms with Gasteiger partial charge in [0.1, 0.15) is 11.4 Å². The maximum absolute atomic E-state index is 13.0. The molecule has 2 atom stereocenters. The van der Waals surface area contributed by atoms with E-state index >= 15 is 0 Å². The second-order valence-corrected chi connectivity index (χ2v) is 9.22. The van der Waals surface area contributed by atoms with Crippen molar-refractivity contribution in [1.29, 1.82) is 0 Å². The predicted octanol–water partition coefficient (Wildman–Crippen LogP) is 5.86. The summed E-state index contributed by atoms with van der Waals surface area (Å²) in [6, 6.07) is 5.44. The van der Waals surface area contributed by atoms with E-state index in [2.05, 4.69) is 15.3 Å². The SMILES string of the molecule is Cc1[nH]n(C2CCCCCC2)c(=O)c1N=Nc1cccc(C2CCCC(C(=O)O)C2)c1O. The van der Waals surface area contributed by atoms with Crippen molar-refractivity contribution in [2.45, 2.75) is 83.1 Å². The van der Waals surface area contributed by atoms with E-state index in [9.17, 15) is 19.8 Å². The van der Waals surface area contributed by atoms with Crippen LogP contribution in [0.5, 0.6) is 5.75 Å². The van der Waals surface area contributed by atoms with Crippen molar-refractivity contribution in [3.05, 3.63) is 39.8 Å². The smallest absolute Gasteiger partial charge is 0.306 e. The molecule has 0 bridgehead atoms. The molecule has 2 aliphatic carbocycles. The maximum Gasteiger partial charge on any atom is 0.306 e. The molecular weight excluding hydrogens is 408 g/mol. The van der Waals surface area contributed by atoms with Gasteiger partial charge < -0.3 is 10.2 Å². The van der Waals surface area contributed by atoms with Gasteiger partial charge in [0.25, 0.3) is 5.56 Å². The molecule has 2 fully saturated rings. The Labute approximate surface area is 187 Å². The summed E-state index contributed by atoms with van der Waals surface area (Å²) < 4.78 is 1.69. The van der Waals surface area contributed by atoms with E-state index in [0.29, 0.717) is 29.8 Å². The molecule has 2 aromatic rings. The summed E-state index contributed by atoms with van der Waals surface area (Å²) in [6.07, 6.45) is 9.46. The van der Waals surface area contributed by atoms with Crippen LogP contribution in [0.1, 0.15) is 87.4 Å². The van der Waals surface area contributed by atoms with Gasteiger partial charge in [-0.2, -0.15) is 0 Å². The molecule has 3 N–H and O–H groups in total. The summed E-state index contributed by atoms with van der Waals surface area (Å²) >= 11 is 0. The van der Waals surface area contributed by atoms with Crippen LogP contribution in [0.3, 0.4) is 0 Å². The van der Waals surface area contributed by atoms with E-state index < -0.39 is 5.97 Å². The number of benzene rings is 1. The van der Waals surface area contributed by atoms with Crippen molar-refractivity contribution in [3.8, 4) is 5.75 Å². The number of hydrogen-bond donors (Lipinski definition) is 3. The number of phenolic OH excluding ortho intramolecular Hbond substituents is 1. The molecule has 172 valence electrons. The number of azo groups is 1. The molecule has 4 rings (SSSR count). The average molecular weight is 441 g/mol. The fourth-order valence-corrected chi connectivity index (χ4v) is 5.21. The Morgan fingerprint density at radius 2 is 1.81 bits per heavy atom. The summed E-state index contributed by atoms with van der Waals surface area (Å²) in [4.78, 5) is 24.4. The molecular formula is C24H32N4O4. The van der Waals surface area contributed by atoms with Crippen LogP contribution in [0.15, 0.2) is 33.2 Å². The number of carboxylic acids is 1. The quantitative estimate of drug-likeness (QED) is 0.398. The second-order valence-electron chi connectivity index (χ2n) is 9.22. The number of aromatic nitrogens is 2. The molecule has 2 unspecified atom stereocenters. The number of nitrogens with zero attached hydrogens (tertiary/aromatic N) is 3. The van der Waals surface area contributed by atoms with Gasteiger partial charge in [-0.05, 0) is 56.6 Å². The van der Waals surface area contributed by atoms with Gasteiger partial charge in [0, 0.05) is 0 Å². The minimum Gasteiger partial charge on any atom is -0.505 e. The molecule has 1 aromatic carbocycles. The zero-order valence-corrected chi connectivity index (χ0v) is 18.6. The van der Waals surface area contributed by atoms with Crippen molar-refractivity contribution < 1.29 is 15.0 Å². The highest BCUT2D eigenvalue weighted by molar-refractivity contribution is 5.70. The molecule has 1 aromatic heterocycles. The number of carboxylic acid groups (broad SMARTS) is 1. The third kappa shape index (κ3) is 4.64. The Morgan fingerprint density at radius 1 is 1.06 bits per heavy atom. The zero-order chi connectivity index (χ0) is 22.7. The van der Waals surface area contributed by atoms with Crippen molar-refractivity contribution in [2.24, 2.45) is 16.1 Å².